The fourth-order valence-electron chi connectivity index (χ4n) is 0. The fourth-order valence-corrected chi connectivity index (χ4v) is 0. The van der Waals surface area contributed by atoms with Gasteiger partial charge in [-0.3, -0.25) is 0 Å². The summed E-state index contributed by atoms with van der Waals surface area (Å²) >= 11 is 0. The van der Waals surface area contributed by atoms with Crippen LogP contribution in [0, 0.1) is 0 Å². The number of hydrogen-bond donors (Lipinski definition) is 0. The maximum atomic E-state index is 8.55. The summed E-state index contributed by atoms with van der Waals surface area (Å²) < 4.78 is 8.55. The summed E-state index contributed by atoms with van der Waals surface area (Å²) in [6.07, 6.45) is 0. The van der Waals surface area contributed by atoms with Crippen LogP contribution < -0.4 is 44.2 Å². The average molecular weight is 153 g/mol. The van der Waals surface area contributed by atoms with E-state index >= 15 is 0 Å². The van der Waals surface area contributed by atoms with Crippen LogP contribution in [0.5, 0.6) is 0 Å². The quantitative estimate of drug-likeness (QED) is 0.256. The molecule has 0 spiro atoms. The van der Waals surface area contributed by atoms with Gasteiger partial charge in [0.05, 0.1) is 0 Å². The van der Waals surface area contributed by atoms with Gasteiger partial charge < -0.3 is 19.2 Å². The van der Waals surface area contributed by atoms with Crippen LogP contribution in [0.25, 0.3) is 0 Å². The van der Waals surface area contributed by atoms with Crippen LogP contribution in [0.3, 0.4) is 0 Å². The molecule has 0 aliphatic carbocycles. The normalized spacial score (nSPS) is 7.38. The van der Waals surface area contributed by atoms with Crippen molar-refractivity contribution in [1.29, 1.82) is 0 Å². The van der Waals surface area contributed by atoms with E-state index in [4.69, 9.17) is 19.2 Å². The predicted molar refractivity (Wildman–Crippen MR) is 19.1 cm³/mol. The SMILES string of the molecule is O=P([O-])([O-])[O-].[B].[Mg+2].[Na+]. The molecule has 0 saturated carbocycles. The molecule has 0 aliphatic rings. The maximum absolute atomic E-state index is 8.55. The molecule has 35 valence electrons. The zero-order valence-corrected chi connectivity index (χ0v) is 8.67. The first-order valence-electron chi connectivity index (χ1n) is 0.730. The fraction of sp³-hybridized carbons (Fsp3) is 0. The third kappa shape index (κ3) is 102. The Labute approximate surface area is 87.3 Å². The standard InChI is InChI=1S/B.Mg.Na.H3O4P/c;;;1-5(2,3)4/h;;;(H3,1,2,3,4)/q;+2;+1;/p-3. The van der Waals surface area contributed by atoms with Gasteiger partial charge in [0.25, 0.3) is 0 Å². The first-order chi connectivity index (χ1) is 2.00. The molecule has 0 unspecified atom stereocenters. The van der Waals surface area contributed by atoms with Gasteiger partial charge in [0, 0.05) is 8.41 Å². The number of rotatable bonds is 0. The minimum Gasteiger partial charge on any atom is -0.822 e. The van der Waals surface area contributed by atoms with Crippen LogP contribution in [-0.2, 0) is 4.57 Å². The van der Waals surface area contributed by atoms with Gasteiger partial charge >= 0.3 is 52.6 Å². The van der Waals surface area contributed by atoms with E-state index in [0.29, 0.717) is 0 Å². The molecule has 0 N–H and O–H groups in total. The van der Waals surface area contributed by atoms with Crippen LogP contribution in [-0.4, -0.2) is 31.5 Å². The number of hydrogen-bond acceptors (Lipinski definition) is 4. The van der Waals surface area contributed by atoms with Gasteiger partial charge in [0.2, 0.25) is 0 Å². The Morgan fingerprint density at radius 2 is 1.12 bits per heavy atom. The Morgan fingerprint density at radius 3 is 1.12 bits per heavy atom. The molecule has 0 aromatic carbocycles. The van der Waals surface area contributed by atoms with E-state index in [9.17, 15) is 0 Å². The predicted octanol–water partition coefficient (Wildman–Crippen LogP) is -6.58. The Kier molecular flexibility index (Phi) is 25.2. The first kappa shape index (κ1) is 22.5. The molecule has 3 radical (unpaired) electrons. The molecular formula is BMgNaO4P. The molecule has 0 amide bonds. The van der Waals surface area contributed by atoms with E-state index in [1.807, 2.05) is 0 Å². The smallest absolute Gasteiger partial charge is 0.822 e. The van der Waals surface area contributed by atoms with E-state index < -0.39 is 7.82 Å². The minimum atomic E-state index is -5.39. The molecule has 0 fully saturated rings. The first-order valence-corrected chi connectivity index (χ1v) is 2.19. The van der Waals surface area contributed by atoms with Gasteiger partial charge in [0.1, 0.15) is 0 Å². The van der Waals surface area contributed by atoms with E-state index in [1.54, 1.807) is 0 Å². The third-order valence-corrected chi connectivity index (χ3v) is 0. The Balaban J connectivity index is -0.0000000267. The zero-order chi connectivity index (χ0) is 4.50. The maximum Gasteiger partial charge on any atom is 2.00 e. The molecule has 0 aromatic rings. The summed E-state index contributed by atoms with van der Waals surface area (Å²) in [6, 6.07) is 0. The second-order valence-electron chi connectivity index (χ2n) is 0.447. The topological polar surface area (TPSA) is 86.2 Å². The second-order valence-corrected chi connectivity index (χ2v) is 1.34. The summed E-state index contributed by atoms with van der Waals surface area (Å²) in [6.45, 7) is 0. The van der Waals surface area contributed by atoms with Crippen LogP contribution in [0.1, 0.15) is 0 Å². The van der Waals surface area contributed by atoms with Gasteiger partial charge in [0.15, 0.2) is 0 Å². The van der Waals surface area contributed by atoms with Crippen molar-refractivity contribution in [2.45, 2.75) is 0 Å². The van der Waals surface area contributed by atoms with E-state index in [1.165, 1.54) is 0 Å². The second kappa shape index (κ2) is 8.94. The summed E-state index contributed by atoms with van der Waals surface area (Å²) in [5.41, 5.74) is 0. The van der Waals surface area contributed by atoms with Crippen molar-refractivity contribution in [3.8, 4) is 0 Å². The minimum absolute atomic E-state index is 0. The van der Waals surface area contributed by atoms with Gasteiger partial charge in [-0.25, -0.2) is 0 Å². The Morgan fingerprint density at radius 1 is 1.12 bits per heavy atom. The molecule has 8 heteroatoms. The monoisotopic (exact) mass is 153 g/mol. The van der Waals surface area contributed by atoms with Crippen LogP contribution in [0.4, 0.5) is 0 Å². The van der Waals surface area contributed by atoms with Crippen LogP contribution >= 0.6 is 7.82 Å². The van der Waals surface area contributed by atoms with Crippen molar-refractivity contribution >= 4 is 39.3 Å². The van der Waals surface area contributed by atoms with Gasteiger partial charge in [-0.15, -0.1) is 0 Å². The van der Waals surface area contributed by atoms with E-state index in [2.05, 4.69) is 0 Å². The summed E-state index contributed by atoms with van der Waals surface area (Å²) in [4.78, 5) is 25.6. The third-order valence-electron chi connectivity index (χ3n) is 0. The summed E-state index contributed by atoms with van der Waals surface area (Å²) in [5.74, 6) is 0. The van der Waals surface area contributed by atoms with Gasteiger partial charge in [-0.1, -0.05) is 0 Å². The zero-order valence-electron chi connectivity index (χ0n) is 4.36. The Hall–Kier alpha value is 1.94. The van der Waals surface area contributed by atoms with Crippen LogP contribution in [0.2, 0.25) is 0 Å². The molecule has 0 aliphatic heterocycles. The van der Waals surface area contributed by atoms with Crippen molar-refractivity contribution in [3.63, 3.8) is 0 Å². The molecule has 0 rings (SSSR count). The molecule has 0 aromatic heterocycles. The molecule has 4 nitrogen and oxygen atoms in total. The largest absolute Gasteiger partial charge is 2.00 e. The van der Waals surface area contributed by atoms with Crippen molar-refractivity contribution in [2.75, 3.05) is 0 Å². The molecule has 0 bridgehead atoms. The van der Waals surface area contributed by atoms with Crippen LogP contribution in [0.15, 0.2) is 0 Å². The average Bonchev–Trinajstić information content (AvgIpc) is 0.722. The molecule has 0 heterocycles. The molecule has 0 saturated heterocycles. The van der Waals surface area contributed by atoms with Crippen molar-refractivity contribution in [1.82, 2.24) is 0 Å². The van der Waals surface area contributed by atoms with E-state index in [-0.39, 0.29) is 61.0 Å². The summed E-state index contributed by atoms with van der Waals surface area (Å²) in [7, 11) is -5.39. The van der Waals surface area contributed by atoms with Gasteiger partial charge in [-0.2, -0.15) is 7.82 Å². The molecule has 0 atom stereocenters. The Bertz CT molecular complexity index is 62.2. The molecule has 8 heavy (non-hydrogen) atoms. The van der Waals surface area contributed by atoms with Gasteiger partial charge in [-0.05, 0) is 0 Å². The van der Waals surface area contributed by atoms with Crippen molar-refractivity contribution in [3.05, 3.63) is 0 Å². The summed E-state index contributed by atoms with van der Waals surface area (Å²) in [5, 5.41) is 0. The van der Waals surface area contributed by atoms with E-state index in [0.717, 1.165) is 0 Å². The molecular weight excluding hydrogens is 153 g/mol. The van der Waals surface area contributed by atoms with Crippen molar-refractivity contribution < 1.29 is 48.8 Å². The number of phosphoric acid groups is 1. The van der Waals surface area contributed by atoms with Crippen molar-refractivity contribution in [2.24, 2.45) is 0 Å².